The number of aryl methyl sites for hydroxylation is 1. The van der Waals surface area contributed by atoms with Crippen molar-refractivity contribution in [3.05, 3.63) is 53.6 Å². The van der Waals surface area contributed by atoms with E-state index in [1.807, 2.05) is 37.3 Å². The summed E-state index contributed by atoms with van der Waals surface area (Å²) in [7, 11) is 3.03. The molecule has 0 saturated carbocycles. The Morgan fingerprint density at radius 1 is 1.00 bits per heavy atom. The van der Waals surface area contributed by atoms with Crippen LogP contribution in [-0.2, 0) is 4.74 Å². The van der Waals surface area contributed by atoms with Gasteiger partial charge in [0.15, 0.2) is 0 Å². The molecule has 3 heteroatoms. The Hall–Kier alpha value is -2.29. The van der Waals surface area contributed by atoms with Crippen LogP contribution in [0.2, 0.25) is 0 Å². The lowest BCUT2D eigenvalue weighted by Crippen LogP contribution is -2.00. The molecule has 3 nitrogen and oxygen atoms in total. The number of carbonyl (C=O) groups is 1. The third kappa shape index (κ3) is 2.76. The fourth-order valence-electron chi connectivity index (χ4n) is 1.94. The van der Waals surface area contributed by atoms with Gasteiger partial charge in [0.25, 0.3) is 0 Å². The lowest BCUT2D eigenvalue weighted by atomic mass is 10.0. The quantitative estimate of drug-likeness (QED) is 0.789. The number of ether oxygens (including phenoxy) is 2. The molecule has 2 rings (SSSR count). The molecule has 0 radical (unpaired) electrons. The van der Waals surface area contributed by atoms with Gasteiger partial charge in [-0.15, -0.1) is 0 Å². The zero-order chi connectivity index (χ0) is 13.8. The van der Waals surface area contributed by atoms with E-state index in [4.69, 9.17) is 4.74 Å². The van der Waals surface area contributed by atoms with Crippen molar-refractivity contribution in [2.45, 2.75) is 6.92 Å². The number of methoxy groups -OCH3 is 2. The fourth-order valence-corrected chi connectivity index (χ4v) is 1.94. The number of benzene rings is 2. The monoisotopic (exact) mass is 256 g/mol. The summed E-state index contributed by atoms with van der Waals surface area (Å²) in [6.07, 6.45) is 0. The number of hydrogen-bond donors (Lipinski definition) is 0. The Balaban J connectivity index is 2.40. The van der Waals surface area contributed by atoms with E-state index >= 15 is 0 Å². The summed E-state index contributed by atoms with van der Waals surface area (Å²) in [5.74, 6) is 0.494. The first-order valence-electron chi connectivity index (χ1n) is 5.99. The van der Waals surface area contributed by atoms with E-state index in [0.29, 0.717) is 5.56 Å². The zero-order valence-electron chi connectivity index (χ0n) is 11.3. The average Bonchev–Trinajstić information content (AvgIpc) is 2.46. The standard InChI is InChI=1S/C16H16O3/c1-11-4-9-14(15(10-11)18-2)12-5-7-13(8-6-12)16(17)19-3/h4-10H,1-3H3. The highest BCUT2D eigenvalue weighted by Crippen LogP contribution is 2.30. The highest BCUT2D eigenvalue weighted by atomic mass is 16.5. The summed E-state index contributed by atoms with van der Waals surface area (Å²) < 4.78 is 10.1. The lowest BCUT2D eigenvalue weighted by molar-refractivity contribution is 0.0601. The molecule has 2 aromatic carbocycles. The van der Waals surface area contributed by atoms with Gasteiger partial charge in [0, 0.05) is 5.56 Å². The molecule has 0 aromatic heterocycles. The van der Waals surface area contributed by atoms with Gasteiger partial charge in [-0.3, -0.25) is 0 Å². The largest absolute Gasteiger partial charge is 0.496 e. The lowest BCUT2D eigenvalue weighted by Gasteiger charge is -2.10. The third-order valence-corrected chi connectivity index (χ3v) is 2.97. The van der Waals surface area contributed by atoms with Gasteiger partial charge >= 0.3 is 5.97 Å². The van der Waals surface area contributed by atoms with Crippen LogP contribution in [0.15, 0.2) is 42.5 Å². The van der Waals surface area contributed by atoms with Gasteiger partial charge in [0.05, 0.1) is 19.8 Å². The first-order chi connectivity index (χ1) is 9.15. The second kappa shape index (κ2) is 5.57. The molecule has 0 heterocycles. The smallest absolute Gasteiger partial charge is 0.337 e. The van der Waals surface area contributed by atoms with Gasteiger partial charge in [-0.05, 0) is 36.2 Å². The van der Waals surface area contributed by atoms with Crippen LogP contribution >= 0.6 is 0 Å². The average molecular weight is 256 g/mol. The molecule has 0 N–H and O–H groups in total. The molecule has 0 atom stereocenters. The molecule has 2 aromatic rings. The van der Waals surface area contributed by atoms with Crippen molar-refractivity contribution in [1.29, 1.82) is 0 Å². The zero-order valence-corrected chi connectivity index (χ0v) is 11.3. The van der Waals surface area contributed by atoms with Gasteiger partial charge in [-0.25, -0.2) is 4.79 Å². The van der Waals surface area contributed by atoms with Crippen molar-refractivity contribution >= 4 is 5.97 Å². The summed E-state index contributed by atoms with van der Waals surface area (Å²) in [4.78, 5) is 11.4. The Labute approximate surface area is 112 Å². The summed E-state index contributed by atoms with van der Waals surface area (Å²) in [6, 6.07) is 13.3. The molecule has 0 saturated heterocycles. The van der Waals surface area contributed by atoms with Crippen LogP contribution in [0, 0.1) is 6.92 Å². The normalized spacial score (nSPS) is 10.1. The van der Waals surface area contributed by atoms with Crippen LogP contribution in [0.25, 0.3) is 11.1 Å². The Morgan fingerprint density at radius 2 is 1.68 bits per heavy atom. The van der Waals surface area contributed by atoms with Crippen LogP contribution in [0.5, 0.6) is 5.75 Å². The molecule has 0 amide bonds. The first kappa shape index (κ1) is 13.1. The van der Waals surface area contributed by atoms with Crippen molar-refractivity contribution in [1.82, 2.24) is 0 Å². The van der Waals surface area contributed by atoms with Crippen LogP contribution in [0.4, 0.5) is 0 Å². The van der Waals surface area contributed by atoms with Gasteiger partial charge in [0.2, 0.25) is 0 Å². The predicted molar refractivity (Wildman–Crippen MR) is 74.5 cm³/mol. The Kier molecular flexibility index (Phi) is 3.85. The van der Waals surface area contributed by atoms with Crippen LogP contribution in [0.1, 0.15) is 15.9 Å². The topological polar surface area (TPSA) is 35.5 Å². The maximum absolute atomic E-state index is 11.4. The van der Waals surface area contributed by atoms with Crippen molar-refractivity contribution in [3.63, 3.8) is 0 Å². The second-order valence-electron chi connectivity index (χ2n) is 4.27. The molecule has 0 fully saturated rings. The number of rotatable bonds is 3. The molecule has 0 aliphatic carbocycles. The van der Waals surface area contributed by atoms with Crippen molar-refractivity contribution in [2.75, 3.05) is 14.2 Å². The molecular formula is C16H16O3. The number of hydrogen-bond acceptors (Lipinski definition) is 3. The van der Waals surface area contributed by atoms with Gasteiger partial charge in [-0.1, -0.05) is 24.3 Å². The minimum absolute atomic E-state index is 0.331. The molecule has 0 unspecified atom stereocenters. The predicted octanol–water partition coefficient (Wildman–Crippen LogP) is 3.46. The Morgan fingerprint density at radius 3 is 2.26 bits per heavy atom. The van der Waals surface area contributed by atoms with Crippen LogP contribution in [0.3, 0.4) is 0 Å². The van der Waals surface area contributed by atoms with Crippen molar-refractivity contribution in [2.24, 2.45) is 0 Å². The maximum atomic E-state index is 11.4. The van der Waals surface area contributed by atoms with E-state index in [-0.39, 0.29) is 5.97 Å². The van der Waals surface area contributed by atoms with E-state index in [1.54, 1.807) is 19.2 Å². The Bertz CT molecular complexity index is 585. The van der Waals surface area contributed by atoms with Gasteiger partial charge in [0.1, 0.15) is 5.75 Å². The van der Waals surface area contributed by atoms with E-state index in [9.17, 15) is 4.79 Å². The second-order valence-corrected chi connectivity index (χ2v) is 4.27. The summed E-state index contributed by atoms with van der Waals surface area (Å²) in [5.41, 5.74) is 3.69. The van der Waals surface area contributed by atoms with Crippen LogP contribution < -0.4 is 4.74 Å². The highest BCUT2D eigenvalue weighted by molar-refractivity contribution is 5.90. The molecule has 19 heavy (non-hydrogen) atoms. The molecule has 0 bridgehead atoms. The summed E-state index contributed by atoms with van der Waals surface area (Å²) in [6.45, 7) is 2.02. The minimum atomic E-state index is -0.331. The molecule has 0 aliphatic heterocycles. The molecule has 0 spiro atoms. The van der Waals surface area contributed by atoms with E-state index in [0.717, 1.165) is 22.4 Å². The van der Waals surface area contributed by atoms with Crippen LogP contribution in [-0.4, -0.2) is 20.2 Å². The molecule has 0 aliphatic rings. The maximum Gasteiger partial charge on any atom is 0.337 e. The minimum Gasteiger partial charge on any atom is -0.496 e. The first-order valence-corrected chi connectivity index (χ1v) is 5.99. The fraction of sp³-hybridized carbons (Fsp3) is 0.188. The van der Waals surface area contributed by atoms with E-state index < -0.39 is 0 Å². The number of esters is 1. The van der Waals surface area contributed by atoms with Crippen molar-refractivity contribution in [3.8, 4) is 16.9 Å². The van der Waals surface area contributed by atoms with E-state index in [2.05, 4.69) is 4.74 Å². The van der Waals surface area contributed by atoms with E-state index in [1.165, 1.54) is 7.11 Å². The molecule has 98 valence electrons. The van der Waals surface area contributed by atoms with Gasteiger partial charge < -0.3 is 9.47 Å². The summed E-state index contributed by atoms with van der Waals surface area (Å²) >= 11 is 0. The highest BCUT2D eigenvalue weighted by Gasteiger charge is 2.08. The summed E-state index contributed by atoms with van der Waals surface area (Å²) in [5, 5.41) is 0. The van der Waals surface area contributed by atoms with Crippen molar-refractivity contribution < 1.29 is 14.3 Å². The number of carbonyl (C=O) groups excluding carboxylic acids is 1. The molecular weight excluding hydrogens is 240 g/mol. The van der Waals surface area contributed by atoms with Gasteiger partial charge in [-0.2, -0.15) is 0 Å². The third-order valence-electron chi connectivity index (χ3n) is 2.97. The SMILES string of the molecule is COC(=O)c1ccc(-c2ccc(C)cc2OC)cc1.